The Labute approximate surface area is 139 Å². The molecular weight excluding hydrogens is 304 g/mol. The van der Waals surface area contributed by atoms with E-state index < -0.39 is 6.10 Å². The quantitative estimate of drug-likeness (QED) is 0.523. The van der Waals surface area contributed by atoms with Crippen molar-refractivity contribution in [2.75, 3.05) is 13.1 Å². The smallest absolute Gasteiger partial charge is 0.248 e. The third-order valence-electron chi connectivity index (χ3n) is 4.04. The summed E-state index contributed by atoms with van der Waals surface area (Å²) in [5.74, 6) is -0.00399. The largest absolute Gasteiger partial charge is 0.506 e. The monoisotopic (exact) mass is 324 g/mol. The molecule has 24 heavy (non-hydrogen) atoms. The molecule has 0 aliphatic rings. The Morgan fingerprint density at radius 1 is 1.04 bits per heavy atom. The summed E-state index contributed by atoms with van der Waals surface area (Å²) >= 11 is 0. The molecule has 124 valence electrons. The lowest BCUT2D eigenvalue weighted by atomic mass is 10.0. The third-order valence-corrected chi connectivity index (χ3v) is 4.04. The number of hydrogen-bond donors (Lipinski definition) is 4. The van der Waals surface area contributed by atoms with Gasteiger partial charge >= 0.3 is 0 Å². The van der Waals surface area contributed by atoms with E-state index in [1.165, 1.54) is 17.7 Å². The fraction of sp³-hybridized carbons (Fsp3) is 0.211. The molecular formula is C19H20N2O3. The number of phenols is 1. The summed E-state index contributed by atoms with van der Waals surface area (Å²) < 4.78 is 0. The summed E-state index contributed by atoms with van der Waals surface area (Å²) in [6, 6.07) is 16.3. The fourth-order valence-electron chi connectivity index (χ4n) is 2.78. The van der Waals surface area contributed by atoms with Crippen LogP contribution < -0.4 is 10.9 Å². The van der Waals surface area contributed by atoms with Gasteiger partial charge < -0.3 is 20.5 Å². The van der Waals surface area contributed by atoms with Crippen molar-refractivity contribution in [1.29, 1.82) is 0 Å². The number of aliphatic hydroxyl groups is 1. The number of rotatable bonds is 6. The van der Waals surface area contributed by atoms with Crippen LogP contribution in [0.4, 0.5) is 0 Å². The molecule has 3 aromatic rings. The standard InChI is InChI=1S/C19H20N2O3/c22-16-8-6-14(15-7-9-18(24)21-19(15)16)17(23)12-20-11-10-13-4-2-1-3-5-13/h1-9,17,20,22-23H,10-12H2,(H,21,24)/t17-/m1/s1. The molecule has 1 atom stereocenters. The molecule has 3 rings (SSSR count). The number of aliphatic hydroxyl groups excluding tert-OH is 1. The Kier molecular flexibility index (Phi) is 4.93. The first kappa shape index (κ1) is 16.2. The lowest BCUT2D eigenvalue weighted by Gasteiger charge is -2.15. The molecule has 0 aliphatic carbocycles. The zero-order valence-corrected chi connectivity index (χ0v) is 13.2. The number of fused-ring (bicyclic) bond motifs is 1. The molecule has 0 spiro atoms. The van der Waals surface area contributed by atoms with Gasteiger partial charge in [-0.15, -0.1) is 0 Å². The molecule has 0 unspecified atom stereocenters. The number of nitrogens with one attached hydrogen (secondary N) is 2. The van der Waals surface area contributed by atoms with Crippen molar-refractivity contribution in [3.8, 4) is 5.75 Å². The normalized spacial score (nSPS) is 12.4. The highest BCUT2D eigenvalue weighted by molar-refractivity contribution is 5.87. The molecule has 4 N–H and O–H groups in total. The second-order valence-corrected chi connectivity index (χ2v) is 5.74. The maximum atomic E-state index is 11.4. The molecule has 0 bridgehead atoms. The van der Waals surface area contributed by atoms with Crippen LogP contribution in [0.5, 0.6) is 5.75 Å². The highest BCUT2D eigenvalue weighted by Crippen LogP contribution is 2.28. The van der Waals surface area contributed by atoms with E-state index in [0.29, 0.717) is 23.0 Å². The summed E-state index contributed by atoms with van der Waals surface area (Å²) in [6.07, 6.45) is 0.159. The Morgan fingerprint density at radius 3 is 2.62 bits per heavy atom. The van der Waals surface area contributed by atoms with Crippen molar-refractivity contribution in [2.24, 2.45) is 0 Å². The Bertz CT molecular complexity index is 875. The molecule has 1 heterocycles. The third kappa shape index (κ3) is 3.64. The number of benzene rings is 2. The zero-order chi connectivity index (χ0) is 16.9. The minimum Gasteiger partial charge on any atom is -0.506 e. The van der Waals surface area contributed by atoms with Crippen LogP contribution in [0.2, 0.25) is 0 Å². The van der Waals surface area contributed by atoms with Crippen molar-refractivity contribution < 1.29 is 10.2 Å². The van der Waals surface area contributed by atoms with Gasteiger partial charge in [-0.25, -0.2) is 0 Å². The van der Waals surface area contributed by atoms with Gasteiger partial charge in [0.2, 0.25) is 5.56 Å². The van der Waals surface area contributed by atoms with E-state index in [1.54, 1.807) is 12.1 Å². The van der Waals surface area contributed by atoms with Crippen LogP contribution in [0.3, 0.4) is 0 Å². The number of phenolic OH excluding ortho intramolecular Hbond substituents is 1. The molecule has 0 saturated heterocycles. The maximum absolute atomic E-state index is 11.4. The summed E-state index contributed by atoms with van der Waals surface area (Å²) in [5, 5.41) is 24.2. The average molecular weight is 324 g/mol. The van der Waals surface area contributed by atoms with Crippen LogP contribution in [0.15, 0.2) is 59.4 Å². The van der Waals surface area contributed by atoms with Crippen LogP contribution in [0.25, 0.3) is 10.9 Å². The van der Waals surface area contributed by atoms with Crippen LogP contribution in [-0.4, -0.2) is 28.3 Å². The van der Waals surface area contributed by atoms with E-state index in [9.17, 15) is 15.0 Å². The van der Waals surface area contributed by atoms with Crippen molar-refractivity contribution in [3.05, 3.63) is 76.1 Å². The average Bonchev–Trinajstić information content (AvgIpc) is 2.60. The first-order chi connectivity index (χ1) is 11.6. The molecule has 0 amide bonds. The summed E-state index contributed by atoms with van der Waals surface area (Å²) in [4.78, 5) is 14.0. The molecule has 2 aromatic carbocycles. The maximum Gasteiger partial charge on any atom is 0.248 e. The van der Waals surface area contributed by atoms with Crippen molar-refractivity contribution >= 4 is 10.9 Å². The second-order valence-electron chi connectivity index (χ2n) is 5.74. The van der Waals surface area contributed by atoms with Crippen LogP contribution in [0, 0.1) is 0 Å². The minimum absolute atomic E-state index is 0.00399. The lowest BCUT2D eigenvalue weighted by Crippen LogP contribution is -2.24. The summed E-state index contributed by atoms with van der Waals surface area (Å²) in [5.41, 5.74) is 1.98. The molecule has 0 radical (unpaired) electrons. The Balaban J connectivity index is 1.67. The van der Waals surface area contributed by atoms with Crippen molar-refractivity contribution in [2.45, 2.75) is 12.5 Å². The lowest BCUT2D eigenvalue weighted by molar-refractivity contribution is 0.176. The highest BCUT2D eigenvalue weighted by Gasteiger charge is 2.13. The van der Waals surface area contributed by atoms with Gasteiger partial charge in [-0.05, 0) is 36.2 Å². The first-order valence-corrected chi connectivity index (χ1v) is 7.93. The number of aromatic nitrogens is 1. The number of H-pyrrole nitrogens is 1. The Hall–Kier alpha value is -2.63. The van der Waals surface area contributed by atoms with Gasteiger partial charge in [-0.1, -0.05) is 36.4 Å². The summed E-state index contributed by atoms with van der Waals surface area (Å²) in [7, 11) is 0. The van der Waals surface area contributed by atoms with Crippen LogP contribution in [0.1, 0.15) is 17.2 Å². The van der Waals surface area contributed by atoms with Gasteiger partial charge in [-0.3, -0.25) is 4.79 Å². The molecule has 0 saturated carbocycles. The van der Waals surface area contributed by atoms with Gasteiger partial charge in [0.05, 0.1) is 11.6 Å². The molecule has 5 nitrogen and oxygen atoms in total. The van der Waals surface area contributed by atoms with E-state index in [0.717, 1.165) is 13.0 Å². The van der Waals surface area contributed by atoms with Gasteiger partial charge in [0.1, 0.15) is 5.75 Å². The SMILES string of the molecule is O=c1ccc2c([C@H](O)CNCCc3ccccc3)ccc(O)c2[nH]1. The zero-order valence-electron chi connectivity index (χ0n) is 13.2. The molecule has 0 fully saturated rings. The summed E-state index contributed by atoms with van der Waals surface area (Å²) in [6.45, 7) is 1.15. The van der Waals surface area contributed by atoms with E-state index in [2.05, 4.69) is 22.4 Å². The number of aromatic amines is 1. The minimum atomic E-state index is -0.727. The molecule has 5 heteroatoms. The van der Waals surface area contributed by atoms with Crippen molar-refractivity contribution in [1.82, 2.24) is 10.3 Å². The van der Waals surface area contributed by atoms with Gasteiger partial charge in [0.25, 0.3) is 0 Å². The van der Waals surface area contributed by atoms with Crippen molar-refractivity contribution in [3.63, 3.8) is 0 Å². The highest BCUT2D eigenvalue weighted by atomic mass is 16.3. The van der Waals surface area contributed by atoms with E-state index >= 15 is 0 Å². The fourth-order valence-corrected chi connectivity index (χ4v) is 2.78. The first-order valence-electron chi connectivity index (χ1n) is 7.93. The Morgan fingerprint density at radius 2 is 1.83 bits per heavy atom. The van der Waals surface area contributed by atoms with Gasteiger partial charge in [0.15, 0.2) is 0 Å². The van der Waals surface area contributed by atoms with E-state index in [1.807, 2.05) is 18.2 Å². The van der Waals surface area contributed by atoms with Crippen LogP contribution in [-0.2, 0) is 6.42 Å². The predicted octanol–water partition coefficient (Wildman–Crippen LogP) is 2.10. The number of pyridine rings is 1. The van der Waals surface area contributed by atoms with Gasteiger partial charge in [-0.2, -0.15) is 0 Å². The second kappa shape index (κ2) is 7.29. The van der Waals surface area contributed by atoms with Crippen LogP contribution >= 0.6 is 0 Å². The van der Waals surface area contributed by atoms with E-state index in [-0.39, 0.29) is 11.3 Å². The molecule has 1 aromatic heterocycles. The number of hydrogen-bond acceptors (Lipinski definition) is 4. The molecule has 0 aliphatic heterocycles. The topological polar surface area (TPSA) is 85.3 Å². The van der Waals surface area contributed by atoms with E-state index in [4.69, 9.17) is 0 Å². The van der Waals surface area contributed by atoms with Gasteiger partial charge in [0, 0.05) is 18.0 Å². The predicted molar refractivity (Wildman–Crippen MR) is 94.2 cm³/mol. The number of aromatic hydroxyl groups is 1.